The Morgan fingerprint density at radius 3 is 3.00 bits per heavy atom. The highest BCUT2D eigenvalue weighted by atomic mass is 19.3. The molecular formula is C15H14F2N4O. The topological polar surface area (TPSA) is 62.7 Å². The maximum atomic E-state index is 12.2. The third kappa shape index (κ3) is 3.13. The lowest BCUT2D eigenvalue weighted by Gasteiger charge is -2.02. The summed E-state index contributed by atoms with van der Waals surface area (Å²) in [5.41, 5.74) is 2.26. The Balaban J connectivity index is 1.66. The van der Waals surface area contributed by atoms with Crippen LogP contribution < -0.4 is 5.32 Å². The number of fused-ring (bicyclic) bond motifs is 1. The molecule has 1 amide bonds. The van der Waals surface area contributed by atoms with Crippen LogP contribution in [0.5, 0.6) is 0 Å². The molecule has 2 heterocycles. The number of hydrogen-bond donors (Lipinski definition) is 2. The number of H-pyrrole nitrogens is 1. The minimum atomic E-state index is -2.48. The van der Waals surface area contributed by atoms with E-state index in [0.717, 1.165) is 21.1 Å². The van der Waals surface area contributed by atoms with Gasteiger partial charge in [-0.05, 0) is 11.6 Å². The molecule has 0 radical (unpaired) electrons. The van der Waals surface area contributed by atoms with Gasteiger partial charge >= 0.3 is 0 Å². The van der Waals surface area contributed by atoms with Gasteiger partial charge in [0.15, 0.2) is 0 Å². The van der Waals surface area contributed by atoms with Crippen molar-refractivity contribution in [2.75, 3.05) is 5.32 Å². The second kappa shape index (κ2) is 5.97. The number of alkyl halides is 2. The average molecular weight is 304 g/mol. The summed E-state index contributed by atoms with van der Waals surface area (Å²) >= 11 is 0. The zero-order valence-corrected chi connectivity index (χ0v) is 11.6. The van der Waals surface area contributed by atoms with Crippen LogP contribution in [0, 0.1) is 0 Å². The molecule has 0 aliphatic carbocycles. The van der Waals surface area contributed by atoms with E-state index in [0.29, 0.717) is 5.69 Å². The number of halogens is 2. The minimum Gasteiger partial charge on any atom is -0.361 e. The van der Waals surface area contributed by atoms with Crippen LogP contribution in [-0.2, 0) is 17.8 Å². The molecule has 0 saturated heterocycles. The van der Waals surface area contributed by atoms with Gasteiger partial charge in [-0.1, -0.05) is 18.2 Å². The molecule has 0 unspecified atom stereocenters. The third-order valence-corrected chi connectivity index (χ3v) is 3.27. The summed E-state index contributed by atoms with van der Waals surface area (Å²) in [7, 11) is 0. The van der Waals surface area contributed by atoms with Crippen LogP contribution in [0.3, 0.4) is 0 Å². The van der Waals surface area contributed by atoms with E-state index in [2.05, 4.69) is 15.4 Å². The summed E-state index contributed by atoms with van der Waals surface area (Å²) in [6.45, 7) is -0.488. The van der Waals surface area contributed by atoms with E-state index in [4.69, 9.17) is 0 Å². The number of aromatic amines is 1. The van der Waals surface area contributed by atoms with Gasteiger partial charge in [0.05, 0.1) is 18.3 Å². The molecule has 2 aromatic heterocycles. The first-order chi connectivity index (χ1) is 10.6. The number of anilines is 1. The summed E-state index contributed by atoms with van der Waals surface area (Å²) in [5.74, 6) is -0.221. The van der Waals surface area contributed by atoms with E-state index in [1.807, 2.05) is 24.3 Å². The van der Waals surface area contributed by atoms with Gasteiger partial charge in [0, 0.05) is 23.3 Å². The molecule has 0 bridgehead atoms. The Kier molecular flexibility index (Phi) is 3.86. The molecule has 0 spiro atoms. The largest absolute Gasteiger partial charge is 0.361 e. The summed E-state index contributed by atoms with van der Waals surface area (Å²) < 4.78 is 25.6. The van der Waals surface area contributed by atoms with Gasteiger partial charge in [0.1, 0.15) is 6.54 Å². The van der Waals surface area contributed by atoms with Crippen LogP contribution in [-0.4, -0.2) is 27.1 Å². The summed E-state index contributed by atoms with van der Waals surface area (Å²) in [5, 5.41) is 7.42. The molecule has 22 heavy (non-hydrogen) atoms. The number of nitrogens with zero attached hydrogens (tertiary/aromatic N) is 2. The molecule has 114 valence electrons. The van der Waals surface area contributed by atoms with Crippen molar-refractivity contribution in [3.63, 3.8) is 0 Å². The number of amides is 1. The van der Waals surface area contributed by atoms with Crippen LogP contribution in [0.4, 0.5) is 14.5 Å². The maximum Gasteiger partial charge on any atom is 0.257 e. The molecule has 7 heteroatoms. The average Bonchev–Trinajstić information content (AvgIpc) is 3.06. The van der Waals surface area contributed by atoms with Crippen LogP contribution in [0.25, 0.3) is 10.9 Å². The van der Waals surface area contributed by atoms with E-state index < -0.39 is 13.0 Å². The van der Waals surface area contributed by atoms with Crippen molar-refractivity contribution in [2.45, 2.75) is 19.4 Å². The molecule has 2 N–H and O–H groups in total. The lowest BCUT2D eigenvalue weighted by atomic mass is 10.1. The molecule has 0 saturated carbocycles. The zero-order chi connectivity index (χ0) is 15.5. The van der Waals surface area contributed by atoms with Crippen LogP contribution in [0.2, 0.25) is 0 Å². The Bertz CT molecular complexity index is 794. The SMILES string of the molecule is O=C(Cc1c[nH]c2ccccc12)Nc1cnn(CC(F)F)c1. The molecule has 0 aliphatic rings. The Morgan fingerprint density at radius 2 is 2.18 bits per heavy atom. The lowest BCUT2D eigenvalue weighted by molar-refractivity contribution is -0.115. The summed E-state index contributed by atoms with van der Waals surface area (Å²) in [6, 6.07) is 7.70. The number of carbonyl (C=O) groups excluding carboxylic acids is 1. The van der Waals surface area contributed by atoms with Crippen molar-refractivity contribution < 1.29 is 13.6 Å². The zero-order valence-electron chi connectivity index (χ0n) is 11.6. The van der Waals surface area contributed by atoms with E-state index in [9.17, 15) is 13.6 Å². The number of nitrogens with one attached hydrogen (secondary N) is 2. The number of benzene rings is 1. The first-order valence-corrected chi connectivity index (χ1v) is 6.77. The molecule has 3 aromatic rings. The van der Waals surface area contributed by atoms with Gasteiger partial charge in [0.2, 0.25) is 5.91 Å². The molecule has 3 rings (SSSR count). The van der Waals surface area contributed by atoms with Gasteiger partial charge in [0.25, 0.3) is 6.43 Å². The first-order valence-electron chi connectivity index (χ1n) is 6.77. The highest BCUT2D eigenvalue weighted by molar-refractivity contribution is 5.95. The van der Waals surface area contributed by atoms with Crippen molar-refractivity contribution in [1.82, 2.24) is 14.8 Å². The maximum absolute atomic E-state index is 12.2. The molecule has 1 aromatic carbocycles. The monoisotopic (exact) mass is 304 g/mol. The van der Waals surface area contributed by atoms with E-state index in [1.165, 1.54) is 12.4 Å². The third-order valence-electron chi connectivity index (χ3n) is 3.27. The van der Waals surface area contributed by atoms with Gasteiger partial charge in [-0.15, -0.1) is 0 Å². The Labute approximate surface area is 124 Å². The molecule has 0 fully saturated rings. The smallest absolute Gasteiger partial charge is 0.257 e. The quantitative estimate of drug-likeness (QED) is 0.761. The van der Waals surface area contributed by atoms with Gasteiger partial charge < -0.3 is 10.3 Å². The van der Waals surface area contributed by atoms with Crippen molar-refractivity contribution in [3.05, 3.63) is 48.4 Å². The molecule has 0 atom stereocenters. The van der Waals surface area contributed by atoms with Crippen LogP contribution >= 0.6 is 0 Å². The molecular weight excluding hydrogens is 290 g/mol. The number of rotatable bonds is 5. The second-order valence-electron chi connectivity index (χ2n) is 4.93. The fourth-order valence-electron chi connectivity index (χ4n) is 2.33. The number of carbonyl (C=O) groups is 1. The van der Waals surface area contributed by atoms with E-state index >= 15 is 0 Å². The van der Waals surface area contributed by atoms with Crippen molar-refractivity contribution in [1.29, 1.82) is 0 Å². The fraction of sp³-hybridized carbons (Fsp3) is 0.200. The Hall–Kier alpha value is -2.70. The molecule has 0 aliphatic heterocycles. The predicted octanol–water partition coefficient (Wildman–Crippen LogP) is 2.81. The Morgan fingerprint density at radius 1 is 1.36 bits per heavy atom. The van der Waals surface area contributed by atoms with Gasteiger partial charge in [-0.25, -0.2) is 8.78 Å². The lowest BCUT2D eigenvalue weighted by Crippen LogP contribution is -2.14. The molecule has 5 nitrogen and oxygen atoms in total. The number of hydrogen-bond acceptors (Lipinski definition) is 2. The first kappa shape index (κ1) is 14.2. The summed E-state index contributed by atoms with van der Waals surface area (Å²) in [6.07, 6.45) is 2.26. The predicted molar refractivity (Wildman–Crippen MR) is 78.9 cm³/mol. The standard InChI is InChI=1S/C15H14F2N4O/c16-14(17)9-21-8-11(7-19-21)20-15(22)5-10-6-18-13-4-2-1-3-12(10)13/h1-4,6-8,14,18H,5,9H2,(H,20,22). The van der Waals surface area contributed by atoms with E-state index in [-0.39, 0.29) is 12.3 Å². The van der Waals surface area contributed by atoms with E-state index in [1.54, 1.807) is 6.20 Å². The highest BCUT2D eigenvalue weighted by Crippen LogP contribution is 2.18. The van der Waals surface area contributed by atoms with Crippen molar-refractivity contribution >= 4 is 22.5 Å². The van der Waals surface area contributed by atoms with Gasteiger partial charge in [-0.3, -0.25) is 9.48 Å². The second-order valence-corrected chi connectivity index (χ2v) is 4.93. The van der Waals surface area contributed by atoms with Gasteiger partial charge in [-0.2, -0.15) is 5.10 Å². The number of para-hydroxylation sites is 1. The van der Waals surface area contributed by atoms with Crippen LogP contribution in [0.1, 0.15) is 5.56 Å². The van der Waals surface area contributed by atoms with Crippen molar-refractivity contribution in [3.8, 4) is 0 Å². The number of aromatic nitrogens is 3. The van der Waals surface area contributed by atoms with Crippen molar-refractivity contribution in [2.24, 2.45) is 0 Å². The highest BCUT2D eigenvalue weighted by Gasteiger charge is 2.11. The summed E-state index contributed by atoms with van der Waals surface area (Å²) in [4.78, 5) is 15.1. The van der Waals surface area contributed by atoms with Crippen LogP contribution in [0.15, 0.2) is 42.9 Å². The normalized spacial score (nSPS) is 11.2. The minimum absolute atomic E-state index is 0.198. The fourth-order valence-corrected chi connectivity index (χ4v) is 2.33.